The lowest BCUT2D eigenvalue weighted by Gasteiger charge is -2.06. The van der Waals surface area contributed by atoms with Gasteiger partial charge in [0.25, 0.3) is 5.69 Å². The van der Waals surface area contributed by atoms with Gasteiger partial charge in [-0.05, 0) is 36.4 Å². The molecule has 0 aliphatic heterocycles. The summed E-state index contributed by atoms with van der Waals surface area (Å²) in [6.07, 6.45) is 0. The van der Waals surface area contributed by atoms with Gasteiger partial charge in [0.2, 0.25) is 0 Å². The van der Waals surface area contributed by atoms with Crippen LogP contribution in [0.5, 0.6) is 5.75 Å². The lowest BCUT2D eigenvalue weighted by atomic mass is 10.1. The number of aromatic hydroxyl groups is 1. The molecule has 4 rings (SSSR count). The second kappa shape index (κ2) is 7.17. The average molecular weight is 393 g/mol. The third kappa shape index (κ3) is 3.33. The zero-order valence-corrected chi connectivity index (χ0v) is 15.1. The Labute approximate surface area is 164 Å². The van der Waals surface area contributed by atoms with E-state index in [1.165, 1.54) is 24.3 Å². The molecule has 0 aliphatic rings. The molecule has 1 aromatic heterocycles. The van der Waals surface area contributed by atoms with Crippen LogP contribution in [0.1, 0.15) is 11.3 Å². The van der Waals surface area contributed by atoms with Gasteiger partial charge in [0.05, 0.1) is 16.0 Å². The quantitative estimate of drug-likeness (QED) is 0.267. The SMILES string of the molecule is O=[N+]([O-])c1ccc(N=C(c2ccc(Cl)cc2)c2oc3ccccc3c2O)cc1. The Bertz CT molecular complexity index is 1200. The monoisotopic (exact) mass is 392 g/mol. The molecule has 1 N–H and O–H groups in total. The third-order valence-corrected chi connectivity index (χ3v) is 4.46. The minimum absolute atomic E-state index is 0.0220. The van der Waals surface area contributed by atoms with Crippen LogP contribution in [0.15, 0.2) is 82.2 Å². The topological polar surface area (TPSA) is 88.9 Å². The average Bonchev–Trinajstić information content (AvgIpc) is 3.04. The van der Waals surface area contributed by atoms with Gasteiger partial charge in [-0.25, -0.2) is 4.99 Å². The highest BCUT2D eigenvalue weighted by atomic mass is 35.5. The zero-order chi connectivity index (χ0) is 19.7. The van der Waals surface area contributed by atoms with E-state index in [9.17, 15) is 15.2 Å². The highest BCUT2D eigenvalue weighted by Gasteiger charge is 2.20. The van der Waals surface area contributed by atoms with Crippen LogP contribution < -0.4 is 0 Å². The molecule has 0 saturated heterocycles. The van der Waals surface area contributed by atoms with E-state index in [4.69, 9.17) is 16.0 Å². The maximum atomic E-state index is 10.9. The van der Waals surface area contributed by atoms with Crippen molar-refractivity contribution in [3.8, 4) is 5.75 Å². The first-order chi connectivity index (χ1) is 13.5. The summed E-state index contributed by atoms with van der Waals surface area (Å²) in [5, 5.41) is 22.7. The number of nitrogens with zero attached hydrogens (tertiary/aromatic N) is 2. The molecule has 0 saturated carbocycles. The smallest absolute Gasteiger partial charge is 0.269 e. The van der Waals surface area contributed by atoms with Gasteiger partial charge in [0, 0.05) is 22.7 Å². The number of benzene rings is 3. The van der Waals surface area contributed by atoms with E-state index in [1.54, 1.807) is 42.5 Å². The fourth-order valence-corrected chi connectivity index (χ4v) is 2.95. The minimum Gasteiger partial charge on any atom is -0.504 e. The molecule has 7 heteroatoms. The molecule has 6 nitrogen and oxygen atoms in total. The Kier molecular flexibility index (Phi) is 4.55. The Morgan fingerprint density at radius 3 is 2.32 bits per heavy atom. The lowest BCUT2D eigenvalue weighted by Crippen LogP contribution is -2.02. The molecule has 0 spiro atoms. The number of nitro groups is 1. The Morgan fingerprint density at radius 2 is 1.68 bits per heavy atom. The number of non-ortho nitro benzene ring substituents is 1. The molecule has 138 valence electrons. The number of furan rings is 1. The fourth-order valence-electron chi connectivity index (χ4n) is 2.82. The summed E-state index contributed by atoms with van der Waals surface area (Å²) in [5.41, 5.74) is 2.05. The van der Waals surface area contributed by atoms with Crippen LogP contribution in [0.3, 0.4) is 0 Å². The largest absolute Gasteiger partial charge is 0.504 e. The first-order valence-electron chi connectivity index (χ1n) is 8.33. The third-order valence-electron chi connectivity index (χ3n) is 4.20. The number of hydrogen-bond donors (Lipinski definition) is 1. The van der Waals surface area contributed by atoms with Crippen molar-refractivity contribution >= 4 is 39.7 Å². The van der Waals surface area contributed by atoms with Gasteiger partial charge in [-0.15, -0.1) is 0 Å². The van der Waals surface area contributed by atoms with Gasteiger partial charge in [-0.3, -0.25) is 10.1 Å². The molecule has 3 aromatic carbocycles. The summed E-state index contributed by atoms with van der Waals surface area (Å²) in [6.45, 7) is 0. The number of hydrogen-bond acceptors (Lipinski definition) is 5. The molecule has 0 atom stereocenters. The first kappa shape index (κ1) is 17.8. The molecule has 0 aliphatic carbocycles. The molecular formula is C21H13ClN2O4. The van der Waals surface area contributed by atoms with Crippen LogP contribution in [0.25, 0.3) is 11.0 Å². The van der Waals surface area contributed by atoms with E-state index >= 15 is 0 Å². The molecule has 0 amide bonds. The Hall–Kier alpha value is -3.64. The van der Waals surface area contributed by atoms with Crippen molar-refractivity contribution < 1.29 is 14.4 Å². The zero-order valence-electron chi connectivity index (χ0n) is 14.4. The van der Waals surface area contributed by atoms with Gasteiger partial charge < -0.3 is 9.52 Å². The predicted octanol–water partition coefficient (Wildman–Crippen LogP) is 5.87. The molecule has 4 aromatic rings. The normalized spacial score (nSPS) is 11.7. The van der Waals surface area contributed by atoms with Crippen molar-refractivity contribution in [2.24, 2.45) is 4.99 Å². The number of para-hydroxylation sites is 1. The van der Waals surface area contributed by atoms with E-state index in [-0.39, 0.29) is 17.2 Å². The van der Waals surface area contributed by atoms with Gasteiger partial charge in [0.15, 0.2) is 11.5 Å². The van der Waals surface area contributed by atoms with Crippen LogP contribution in [0, 0.1) is 10.1 Å². The summed E-state index contributed by atoms with van der Waals surface area (Å²) in [4.78, 5) is 15.0. The summed E-state index contributed by atoms with van der Waals surface area (Å²) in [6, 6.07) is 19.9. The van der Waals surface area contributed by atoms with Crippen molar-refractivity contribution in [3.05, 3.63) is 99.3 Å². The summed E-state index contributed by atoms with van der Waals surface area (Å²) in [5.74, 6) is 0.188. The molecule has 0 fully saturated rings. The maximum Gasteiger partial charge on any atom is 0.269 e. The number of fused-ring (bicyclic) bond motifs is 1. The predicted molar refractivity (Wildman–Crippen MR) is 108 cm³/mol. The number of halogens is 1. The van der Waals surface area contributed by atoms with Crippen LogP contribution in [-0.2, 0) is 0 Å². The van der Waals surface area contributed by atoms with Crippen LogP contribution >= 0.6 is 11.6 Å². The van der Waals surface area contributed by atoms with E-state index in [0.29, 0.717) is 33.0 Å². The summed E-state index contributed by atoms with van der Waals surface area (Å²) in [7, 11) is 0. The highest BCUT2D eigenvalue weighted by molar-refractivity contribution is 6.30. The van der Waals surface area contributed by atoms with Crippen molar-refractivity contribution in [1.82, 2.24) is 0 Å². The van der Waals surface area contributed by atoms with Gasteiger partial charge in [-0.2, -0.15) is 0 Å². The van der Waals surface area contributed by atoms with Gasteiger partial charge in [-0.1, -0.05) is 35.9 Å². The second-order valence-electron chi connectivity index (χ2n) is 6.02. The Morgan fingerprint density at radius 1 is 1.00 bits per heavy atom. The van der Waals surface area contributed by atoms with E-state index in [0.717, 1.165) is 0 Å². The standard InChI is InChI=1S/C21H13ClN2O4/c22-14-7-5-13(6-8-14)19(23-15-9-11-16(12-10-15)24(26)27)21-20(25)17-3-1-2-4-18(17)28-21/h1-12,25H. The molecule has 0 radical (unpaired) electrons. The van der Waals surface area contributed by atoms with E-state index < -0.39 is 4.92 Å². The number of nitro benzene ring substituents is 1. The van der Waals surface area contributed by atoms with Crippen molar-refractivity contribution in [2.75, 3.05) is 0 Å². The van der Waals surface area contributed by atoms with Gasteiger partial charge in [0.1, 0.15) is 11.3 Å². The molecule has 0 unspecified atom stereocenters. The lowest BCUT2D eigenvalue weighted by molar-refractivity contribution is -0.384. The first-order valence-corrected chi connectivity index (χ1v) is 8.70. The highest BCUT2D eigenvalue weighted by Crippen LogP contribution is 2.34. The van der Waals surface area contributed by atoms with E-state index in [2.05, 4.69) is 4.99 Å². The molecule has 0 bridgehead atoms. The fraction of sp³-hybridized carbons (Fsp3) is 0. The van der Waals surface area contributed by atoms with Crippen LogP contribution in [-0.4, -0.2) is 15.7 Å². The van der Waals surface area contributed by atoms with Crippen LogP contribution in [0.2, 0.25) is 5.02 Å². The summed E-state index contributed by atoms with van der Waals surface area (Å²) < 4.78 is 5.86. The number of rotatable bonds is 4. The molecule has 1 heterocycles. The van der Waals surface area contributed by atoms with Crippen molar-refractivity contribution in [1.29, 1.82) is 0 Å². The number of aliphatic imine (C=N–C) groups is 1. The Balaban J connectivity index is 1.89. The molecule has 28 heavy (non-hydrogen) atoms. The minimum atomic E-state index is -0.474. The molecular weight excluding hydrogens is 380 g/mol. The van der Waals surface area contributed by atoms with E-state index in [1.807, 2.05) is 6.07 Å². The van der Waals surface area contributed by atoms with Gasteiger partial charge >= 0.3 is 0 Å². The summed E-state index contributed by atoms with van der Waals surface area (Å²) >= 11 is 5.99. The van der Waals surface area contributed by atoms with Crippen molar-refractivity contribution in [3.63, 3.8) is 0 Å². The maximum absolute atomic E-state index is 10.9. The van der Waals surface area contributed by atoms with Crippen LogP contribution in [0.4, 0.5) is 11.4 Å². The second-order valence-corrected chi connectivity index (χ2v) is 6.45. The van der Waals surface area contributed by atoms with Crippen molar-refractivity contribution in [2.45, 2.75) is 0 Å².